The molecule has 0 bridgehead atoms. The smallest absolute Gasteiger partial charge is 0.217 e. The maximum absolute atomic E-state index is 10.6. The van der Waals surface area contributed by atoms with Gasteiger partial charge in [-0.2, -0.15) is 0 Å². The monoisotopic (exact) mass is 229 g/mol. The zero-order chi connectivity index (χ0) is 12.6. The second kappa shape index (κ2) is 7.95. The topological polar surface area (TPSA) is 101 Å². The summed E-state index contributed by atoms with van der Waals surface area (Å²) in [5, 5.41) is 0. The molecule has 0 unspecified atom stereocenters. The average Bonchev–Trinajstić information content (AvgIpc) is 2.22. The summed E-state index contributed by atoms with van der Waals surface area (Å²) in [6.45, 7) is 3.76. The maximum Gasteiger partial charge on any atom is 0.217 e. The van der Waals surface area contributed by atoms with E-state index < -0.39 is 11.9 Å². The van der Waals surface area contributed by atoms with Crippen LogP contribution in [0.15, 0.2) is 0 Å². The highest BCUT2D eigenvalue weighted by molar-refractivity contribution is 5.74. The summed E-state index contributed by atoms with van der Waals surface area (Å²) in [6, 6.07) is -0.885. The van der Waals surface area contributed by atoms with E-state index >= 15 is 0 Å². The zero-order valence-electron chi connectivity index (χ0n) is 9.60. The van der Waals surface area contributed by atoms with Crippen molar-refractivity contribution < 1.29 is 14.4 Å². The van der Waals surface area contributed by atoms with E-state index in [1.54, 1.807) is 0 Å². The van der Waals surface area contributed by atoms with Crippen LogP contribution in [0.25, 0.3) is 0 Å². The fraction of sp³-hybridized carbons (Fsp3) is 0.700. The Balaban J connectivity index is 3.98. The van der Waals surface area contributed by atoms with Gasteiger partial charge in [0.15, 0.2) is 0 Å². The van der Waals surface area contributed by atoms with Gasteiger partial charge in [0.1, 0.15) is 12.6 Å². The molecular formula is C10H19N3O3. The Morgan fingerprint density at radius 2 is 1.88 bits per heavy atom. The summed E-state index contributed by atoms with van der Waals surface area (Å²) in [6.07, 6.45) is 1.90. The summed E-state index contributed by atoms with van der Waals surface area (Å²) in [5.74, 6) is -0.335. The van der Waals surface area contributed by atoms with Gasteiger partial charge in [-0.25, -0.2) is 10.9 Å². The van der Waals surface area contributed by atoms with Crippen LogP contribution in [0.3, 0.4) is 0 Å². The van der Waals surface area contributed by atoms with Crippen LogP contribution in [0.1, 0.15) is 26.7 Å². The number of carbonyl (C=O) groups excluding carboxylic acids is 3. The summed E-state index contributed by atoms with van der Waals surface area (Å²) in [5.41, 5.74) is 10.4. The van der Waals surface area contributed by atoms with E-state index in [1.165, 1.54) is 0 Å². The predicted octanol–water partition coefficient (Wildman–Crippen LogP) is -0.863. The number of rotatable bonds is 9. The van der Waals surface area contributed by atoms with Crippen molar-refractivity contribution >= 4 is 18.5 Å². The van der Waals surface area contributed by atoms with Crippen molar-refractivity contribution in [1.82, 2.24) is 10.9 Å². The highest BCUT2D eigenvalue weighted by Gasteiger charge is 2.14. The lowest BCUT2D eigenvalue weighted by molar-refractivity contribution is -0.118. The average molecular weight is 229 g/mol. The Labute approximate surface area is 94.9 Å². The molecule has 0 heterocycles. The van der Waals surface area contributed by atoms with Crippen LogP contribution < -0.4 is 16.6 Å². The lowest BCUT2D eigenvalue weighted by Gasteiger charge is -2.19. The number of nitrogens with one attached hydrogen (secondary N) is 2. The first kappa shape index (κ1) is 14.7. The first-order chi connectivity index (χ1) is 7.51. The fourth-order valence-corrected chi connectivity index (χ4v) is 1.03. The van der Waals surface area contributed by atoms with Gasteiger partial charge in [-0.3, -0.25) is 4.79 Å². The van der Waals surface area contributed by atoms with E-state index in [0.29, 0.717) is 12.7 Å². The Hall–Kier alpha value is -1.27. The molecule has 0 saturated carbocycles. The lowest BCUT2D eigenvalue weighted by atomic mass is 10.1. The molecule has 0 fully saturated rings. The number of hydrogen-bond acceptors (Lipinski definition) is 5. The predicted molar refractivity (Wildman–Crippen MR) is 59.2 cm³/mol. The minimum atomic E-state index is -0.520. The molecule has 16 heavy (non-hydrogen) atoms. The third kappa shape index (κ3) is 6.26. The quantitative estimate of drug-likeness (QED) is 0.352. The Morgan fingerprint density at radius 1 is 1.25 bits per heavy atom. The van der Waals surface area contributed by atoms with Crippen molar-refractivity contribution in [2.45, 2.75) is 38.8 Å². The third-order valence-electron chi connectivity index (χ3n) is 2.17. The van der Waals surface area contributed by atoms with E-state index in [-0.39, 0.29) is 18.4 Å². The van der Waals surface area contributed by atoms with Crippen LogP contribution in [0.2, 0.25) is 0 Å². The van der Waals surface area contributed by atoms with Crippen molar-refractivity contribution in [1.29, 1.82) is 0 Å². The van der Waals surface area contributed by atoms with Gasteiger partial charge < -0.3 is 15.3 Å². The van der Waals surface area contributed by atoms with Gasteiger partial charge in [0.25, 0.3) is 0 Å². The first-order valence-electron chi connectivity index (χ1n) is 5.21. The molecule has 2 atom stereocenters. The number of primary amides is 1. The second-order valence-corrected chi connectivity index (χ2v) is 3.94. The van der Waals surface area contributed by atoms with Crippen molar-refractivity contribution in [3.05, 3.63) is 0 Å². The van der Waals surface area contributed by atoms with Crippen LogP contribution in [-0.4, -0.2) is 30.6 Å². The van der Waals surface area contributed by atoms with Crippen LogP contribution in [0, 0.1) is 5.92 Å². The minimum Gasteiger partial charge on any atom is -0.370 e. The highest BCUT2D eigenvalue weighted by Crippen LogP contribution is 1.98. The molecule has 0 aromatic rings. The molecule has 0 aliphatic carbocycles. The van der Waals surface area contributed by atoms with E-state index in [1.807, 2.05) is 13.8 Å². The van der Waals surface area contributed by atoms with Crippen LogP contribution in [0.4, 0.5) is 0 Å². The third-order valence-corrected chi connectivity index (χ3v) is 2.17. The molecule has 0 rings (SSSR count). The van der Waals surface area contributed by atoms with Gasteiger partial charge in [0, 0.05) is 6.42 Å². The molecule has 0 aromatic carbocycles. The number of hydrazine groups is 1. The van der Waals surface area contributed by atoms with Crippen molar-refractivity contribution in [3.8, 4) is 0 Å². The normalized spacial score (nSPS) is 14.4. The molecule has 1 amide bonds. The highest BCUT2D eigenvalue weighted by atomic mass is 16.1. The van der Waals surface area contributed by atoms with E-state index in [4.69, 9.17) is 5.73 Å². The molecule has 0 aliphatic heterocycles. The van der Waals surface area contributed by atoms with Gasteiger partial charge in [-0.1, -0.05) is 13.8 Å². The van der Waals surface area contributed by atoms with E-state index in [9.17, 15) is 14.4 Å². The van der Waals surface area contributed by atoms with Crippen molar-refractivity contribution in [2.75, 3.05) is 0 Å². The van der Waals surface area contributed by atoms with Gasteiger partial charge in [-0.05, 0) is 12.3 Å². The molecule has 6 heteroatoms. The summed E-state index contributed by atoms with van der Waals surface area (Å²) >= 11 is 0. The minimum absolute atomic E-state index is 0.119. The van der Waals surface area contributed by atoms with Crippen LogP contribution in [0.5, 0.6) is 0 Å². The van der Waals surface area contributed by atoms with Crippen LogP contribution >= 0.6 is 0 Å². The second-order valence-electron chi connectivity index (χ2n) is 3.94. The lowest BCUT2D eigenvalue weighted by Crippen LogP contribution is -2.50. The Kier molecular flexibility index (Phi) is 7.32. The number of amides is 1. The molecular weight excluding hydrogens is 210 g/mol. The van der Waals surface area contributed by atoms with Gasteiger partial charge in [0.2, 0.25) is 5.91 Å². The Bertz CT molecular complexity index is 243. The molecule has 6 nitrogen and oxygen atoms in total. The number of aldehydes is 2. The van der Waals surface area contributed by atoms with Crippen molar-refractivity contribution in [3.63, 3.8) is 0 Å². The molecule has 0 aliphatic rings. The zero-order valence-corrected chi connectivity index (χ0v) is 9.60. The van der Waals surface area contributed by atoms with E-state index in [2.05, 4.69) is 10.9 Å². The summed E-state index contributed by atoms with van der Waals surface area (Å²) in [7, 11) is 0. The van der Waals surface area contributed by atoms with Crippen molar-refractivity contribution in [2.24, 2.45) is 11.7 Å². The summed E-state index contributed by atoms with van der Waals surface area (Å²) in [4.78, 5) is 31.8. The molecule has 0 aromatic heterocycles. The van der Waals surface area contributed by atoms with E-state index in [0.717, 1.165) is 6.29 Å². The summed E-state index contributed by atoms with van der Waals surface area (Å²) < 4.78 is 0. The molecule has 0 spiro atoms. The molecule has 0 radical (unpaired) electrons. The fourth-order valence-electron chi connectivity index (χ4n) is 1.03. The maximum atomic E-state index is 10.6. The number of carbonyl (C=O) groups is 3. The molecule has 4 N–H and O–H groups in total. The molecule has 92 valence electrons. The number of nitrogens with two attached hydrogens (primary N) is 1. The first-order valence-corrected chi connectivity index (χ1v) is 5.21. The molecule has 0 saturated heterocycles. The van der Waals surface area contributed by atoms with Gasteiger partial charge in [0.05, 0.1) is 12.1 Å². The Morgan fingerprint density at radius 3 is 2.25 bits per heavy atom. The number of hydrogen-bond donors (Lipinski definition) is 3. The van der Waals surface area contributed by atoms with Gasteiger partial charge in [-0.15, -0.1) is 0 Å². The SMILES string of the molecule is CC(C)[C@@H](C=O)NN[C@H](C=O)CCC(N)=O. The van der Waals surface area contributed by atoms with Crippen LogP contribution in [-0.2, 0) is 14.4 Å². The van der Waals surface area contributed by atoms with Gasteiger partial charge >= 0.3 is 0 Å². The standard InChI is InChI=1S/C10H19N3O3/c1-7(2)9(6-15)13-12-8(5-14)3-4-10(11)16/h5-9,12-13H,3-4H2,1-2H3,(H2,11,16)/t8-,9+/m0/s1. The largest absolute Gasteiger partial charge is 0.370 e.